The van der Waals surface area contributed by atoms with Crippen molar-refractivity contribution in [2.24, 2.45) is 5.73 Å². The third-order valence-corrected chi connectivity index (χ3v) is 5.29. The maximum atomic E-state index is 12.0. The molecule has 0 saturated heterocycles. The zero-order valence-corrected chi connectivity index (χ0v) is 18.1. The second-order valence-electron chi connectivity index (χ2n) is 7.58. The summed E-state index contributed by atoms with van der Waals surface area (Å²) in [6.07, 6.45) is 2.78. The van der Waals surface area contributed by atoms with Crippen LogP contribution in [0.15, 0.2) is 77.7 Å². The number of hydrogen-bond acceptors (Lipinski definition) is 5. The number of pyridine rings is 1. The fraction of sp³-hybridized carbons (Fsp3) is 0.120. The van der Waals surface area contributed by atoms with Crippen molar-refractivity contribution in [1.82, 2.24) is 14.3 Å². The molecule has 3 N–H and O–H groups in total. The highest BCUT2D eigenvalue weighted by Crippen LogP contribution is 2.20. The third kappa shape index (κ3) is 4.59. The number of aldehydes is 1. The van der Waals surface area contributed by atoms with Gasteiger partial charge in [-0.25, -0.2) is 4.68 Å². The molecule has 0 aliphatic rings. The Bertz CT molecular complexity index is 1370. The van der Waals surface area contributed by atoms with Gasteiger partial charge < -0.3 is 11.1 Å². The van der Waals surface area contributed by atoms with Crippen LogP contribution in [0.2, 0.25) is 0 Å². The van der Waals surface area contributed by atoms with Crippen molar-refractivity contribution in [2.75, 3.05) is 11.9 Å². The summed E-state index contributed by atoms with van der Waals surface area (Å²) in [7, 11) is 0. The average molecular weight is 441 g/mol. The number of nitrogens with two attached hydrogens (primary N) is 1. The van der Waals surface area contributed by atoms with E-state index in [1.165, 1.54) is 10.7 Å². The number of carbonyl (C=O) groups excluding carboxylic acids is 2. The summed E-state index contributed by atoms with van der Waals surface area (Å²) in [4.78, 5) is 35.9. The Labute approximate surface area is 190 Å². The molecule has 33 heavy (non-hydrogen) atoms. The first-order chi connectivity index (χ1) is 16.0. The fourth-order valence-corrected chi connectivity index (χ4v) is 3.70. The molecule has 0 aliphatic carbocycles. The molecule has 8 heteroatoms. The zero-order valence-electron chi connectivity index (χ0n) is 18.1. The van der Waals surface area contributed by atoms with E-state index in [0.29, 0.717) is 36.2 Å². The van der Waals surface area contributed by atoms with Gasteiger partial charge in [-0.1, -0.05) is 18.2 Å². The van der Waals surface area contributed by atoms with Crippen molar-refractivity contribution in [3.05, 3.63) is 106 Å². The molecule has 1 amide bonds. The summed E-state index contributed by atoms with van der Waals surface area (Å²) in [5.41, 5.74) is 9.60. The van der Waals surface area contributed by atoms with Crippen LogP contribution in [0.1, 0.15) is 32.1 Å². The molecule has 0 unspecified atom stereocenters. The van der Waals surface area contributed by atoms with Gasteiger partial charge in [-0.15, -0.1) is 0 Å². The van der Waals surface area contributed by atoms with E-state index in [1.54, 1.807) is 22.9 Å². The molecule has 166 valence electrons. The SMILES string of the molecule is Cc1cccc(-n2nc(C(N)=O)c(CCNc3ccc(-n4ccccc4=O)cc3)c2C=O)c1. The molecule has 2 aromatic heterocycles. The number of carbonyl (C=O) groups is 2. The number of nitrogens with zero attached hydrogens (tertiary/aromatic N) is 3. The van der Waals surface area contributed by atoms with Gasteiger partial charge in [-0.2, -0.15) is 5.10 Å². The first-order valence-electron chi connectivity index (χ1n) is 10.4. The van der Waals surface area contributed by atoms with Crippen molar-refractivity contribution < 1.29 is 9.59 Å². The van der Waals surface area contributed by atoms with Gasteiger partial charge in [0.15, 0.2) is 12.0 Å². The maximum absolute atomic E-state index is 12.0. The maximum Gasteiger partial charge on any atom is 0.269 e. The van der Waals surface area contributed by atoms with Crippen LogP contribution in [0, 0.1) is 6.92 Å². The van der Waals surface area contributed by atoms with E-state index in [-0.39, 0.29) is 11.3 Å². The van der Waals surface area contributed by atoms with E-state index in [1.807, 2.05) is 55.5 Å². The Kier molecular flexibility index (Phi) is 6.17. The fourth-order valence-electron chi connectivity index (χ4n) is 3.70. The summed E-state index contributed by atoms with van der Waals surface area (Å²) in [6.45, 7) is 2.39. The van der Waals surface area contributed by atoms with Gasteiger partial charge in [0.1, 0.15) is 5.69 Å². The number of primary amides is 1. The average Bonchev–Trinajstić information content (AvgIpc) is 3.19. The molecule has 0 fully saturated rings. The Balaban J connectivity index is 1.53. The van der Waals surface area contributed by atoms with E-state index in [2.05, 4.69) is 10.4 Å². The Morgan fingerprint density at radius 1 is 1.06 bits per heavy atom. The standard InChI is InChI=1S/C25H23N5O3/c1-17-5-4-6-20(15-17)30-22(16-31)21(24(28-30)25(26)33)12-13-27-18-8-10-19(11-9-18)29-14-3-2-7-23(29)32/h2-11,14-16,27H,12-13H2,1H3,(H2,26,33). The predicted molar refractivity (Wildman–Crippen MR) is 126 cm³/mol. The number of hydrogen-bond donors (Lipinski definition) is 2. The highest BCUT2D eigenvalue weighted by Gasteiger charge is 2.21. The van der Waals surface area contributed by atoms with Crippen molar-refractivity contribution >= 4 is 17.9 Å². The Morgan fingerprint density at radius 2 is 1.85 bits per heavy atom. The lowest BCUT2D eigenvalue weighted by Crippen LogP contribution is -2.16. The lowest BCUT2D eigenvalue weighted by molar-refractivity contribution is 0.0994. The summed E-state index contributed by atoms with van der Waals surface area (Å²) in [6, 6.07) is 19.9. The van der Waals surface area contributed by atoms with Crippen LogP contribution >= 0.6 is 0 Å². The van der Waals surface area contributed by atoms with Crippen LogP contribution in [0.25, 0.3) is 11.4 Å². The van der Waals surface area contributed by atoms with E-state index in [9.17, 15) is 14.4 Å². The molecule has 0 atom stereocenters. The van der Waals surface area contributed by atoms with Crippen LogP contribution < -0.4 is 16.6 Å². The quantitative estimate of drug-likeness (QED) is 0.408. The molecule has 2 heterocycles. The second kappa shape index (κ2) is 9.35. The van der Waals surface area contributed by atoms with Crippen LogP contribution in [0.4, 0.5) is 5.69 Å². The smallest absolute Gasteiger partial charge is 0.269 e. The number of aromatic nitrogens is 3. The van der Waals surface area contributed by atoms with Gasteiger partial charge in [0.25, 0.3) is 11.5 Å². The minimum atomic E-state index is -0.683. The number of amides is 1. The van der Waals surface area contributed by atoms with Crippen LogP contribution in [0.5, 0.6) is 0 Å². The molecule has 0 aliphatic heterocycles. The van der Waals surface area contributed by atoms with Crippen LogP contribution in [0.3, 0.4) is 0 Å². The molecule has 0 saturated carbocycles. The lowest BCUT2D eigenvalue weighted by Gasteiger charge is -2.09. The summed E-state index contributed by atoms with van der Waals surface area (Å²) >= 11 is 0. The Morgan fingerprint density at radius 3 is 2.52 bits per heavy atom. The van der Waals surface area contributed by atoms with Crippen molar-refractivity contribution in [3.8, 4) is 11.4 Å². The van der Waals surface area contributed by atoms with Gasteiger partial charge in [0.05, 0.1) is 5.69 Å². The number of aryl methyl sites for hydroxylation is 1. The monoisotopic (exact) mass is 441 g/mol. The lowest BCUT2D eigenvalue weighted by atomic mass is 10.1. The molecule has 2 aromatic carbocycles. The molecule has 0 radical (unpaired) electrons. The molecule has 0 spiro atoms. The van der Waals surface area contributed by atoms with Crippen molar-refractivity contribution in [1.29, 1.82) is 0 Å². The van der Waals surface area contributed by atoms with E-state index >= 15 is 0 Å². The van der Waals surface area contributed by atoms with E-state index in [0.717, 1.165) is 16.9 Å². The minimum absolute atomic E-state index is 0.0826. The van der Waals surface area contributed by atoms with Gasteiger partial charge in [-0.05, 0) is 61.4 Å². The number of anilines is 1. The normalized spacial score (nSPS) is 10.7. The van der Waals surface area contributed by atoms with Gasteiger partial charge >= 0.3 is 0 Å². The molecule has 4 rings (SSSR count). The van der Waals surface area contributed by atoms with Crippen molar-refractivity contribution in [2.45, 2.75) is 13.3 Å². The van der Waals surface area contributed by atoms with E-state index < -0.39 is 5.91 Å². The summed E-state index contributed by atoms with van der Waals surface area (Å²) in [5.74, 6) is -0.683. The molecular weight excluding hydrogens is 418 g/mol. The van der Waals surface area contributed by atoms with E-state index in [4.69, 9.17) is 5.73 Å². The topological polar surface area (TPSA) is 112 Å². The molecule has 4 aromatic rings. The summed E-state index contributed by atoms with van der Waals surface area (Å²) in [5, 5.41) is 7.59. The first-order valence-corrected chi connectivity index (χ1v) is 10.4. The predicted octanol–water partition coefficient (Wildman–Crippen LogP) is 2.90. The Hall–Kier alpha value is -4.46. The van der Waals surface area contributed by atoms with Crippen molar-refractivity contribution in [3.63, 3.8) is 0 Å². The highest BCUT2D eigenvalue weighted by atomic mass is 16.1. The van der Waals surface area contributed by atoms with Gasteiger partial charge in [-0.3, -0.25) is 19.0 Å². The molecule has 0 bridgehead atoms. The van der Waals surface area contributed by atoms with Crippen LogP contribution in [-0.2, 0) is 6.42 Å². The van der Waals surface area contributed by atoms with Gasteiger partial charge in [0.2, 0.25) is 0 Å². The summed E-state index contributed by atoms with van der Waals surface area (Å²) < 4.78 is 3.01. The first kappa shape index (κ1) is 21.8. The van der Waals surface area contributed by atoms with Gasteiger partial charge in [0, 0.05) is 35.7 Å². The number of rotatable bonds is 8. The third-order valence-electron chi connectivity index (χ3n) is 5.29. The minimum Gasteiger partial charge on any atom is -0.385 e. The molecular formula is C25H23N5O3. The molecule has 8 nitrogen and oxygen atoms in total. The van der Waals surface area contributed by atoms with Crippen LogP contribution in [-0.4, -0.2) is 33.1 Å². The second-order valence-corrected chi connectivity index (χ2v) is 7.58. The highest BCUT2D eigenvalue weighted by molar-refractivity contribution is 5.95. The number of nitrogens with one attached hydrogen (secondary N) is 1. The largest absolute Gasteiger partial charge is 0.385 e. The zero-order chi connectivity index (χ0) is 23.4. The number of benzene rings is 2.